The minimum absolute atomic E-state index is 0.0343. The van der Waals surface area contributed by atoms with E-state index in [0.29, 0.717) is 5.56 Å². The maximum atomic E-state index is 12.2. The van der Waals surface area contributed by atoms with Gasteiger partial charge in [-0.1, -0.05) is 6.92 Å². The van der Waals surface area contributed by atoms with Gasteiger partial charge in [-0.3, -0.25) is 9.48 Å². The standard InChI is InChI=1S/C15H20ClN3O/c1-6-13-14(8-18(5)17-13)19-9(2)7-12(11(19)4)15(20)10(3)16/h7-8,10H,6H2,1-5H3. The van der Waals surface area contributed by atoms with Crippen molar-refractivity contribution in [3.63, 3.8) is 0 Å². The van der Waals surface area contributed by atoms with E-state index in [2.05, 4.69) is 16.6 Å². The number of carbonyl (C=O) groups is 1. The van der Waals surface area contributed by atoms with Crippen molar-refractivity contribution in [2.24, 2.45) is 7.05 Å². The highest BCUT2D eigenvalue weighted by molar-refractivity contribution is 6.33. The first-order valence-electron chi connectivity index (χ1n) is 6.76. The molecule has 0 aliphatic heterocycles. The van der Waals surface area contributed by atoms with Crippen molar-refractivity contribution in [1.82, 2.24) is 14.3 Å². The Morgan fingerprint density at radius 2 is 2.10 bits per heavy atom. The number of ketones is 1. The summed E-state index contributed by atoms with van der Waals surface area (Å²) in [6, 6.07) is 1.91. The Hall–Kier alpha value is -1.55. The predicted molar refractivity (Wildman–Crippen MR) is 81.0 cm³/mol. The number of Topliss-reactive ketones (excluding diaryl/α,β-unsaturated/α-hetero) is 1. The quantitative estimate of drug-likeness (QED) is 0.641. The second-order valence-electron chi connectivity index (χ2n) is 5.09. The number of aromatic nitrogens is 3. The normalized spacial score (nSPS) is 12.7. The molecule has 5 heteroatoms. The van der Waals surface area contributed by atoms with Crippen LogP contribution in [0.3, 0.4) is 0 Å². The molecule has 0 spiro atoms. The Balaban J connectivity index is 2.61. The van der Waals surface area contributed by atoms with Gasteiger partial charge in [0.2, 0.25) is 0 Å². The lowest BCUT2D eigenvalue weighted by molar-refractivity contribution is 0.0991. The van der Waals surface area contributed by atoms with Crippen LogP contribution in [0.5, 0.6) is 0 Å². The predicted octanol–water partition coefficient (Wildman–Crippen LogP) is 3.20. The Kier molecular flexibility index (Phi) is 4.04. The molecule has 2 aromatic heterocycles. The molecule has 0 aromatic carbocycles. The molecular weight excluding hydrogens is 274 g/mol. The summed E-state index contributed by atoms with van der Waals surface area (Å²) in [7, 11) is 1.91. The van der Waals surface area contributed by atoms with Crippen molar-refractivity contribution in [2.45, 2.75) is 39.5 Å². The van der Waals surface area contributed by atoms with E-state index in [4.69, 9.17) is 11.6 Å². The van der Waals surface area contributed by atoms with Crippen LogP contribution >= 0.6 is 11.6 Å². The van der Waals surface area contributed by atoms with Gasteiger partial charge in [-0.2, -0.15) is 5.10 Å². The lowest BCUT2D eigenvalue weighted by atomic mass is 10.1. The molecule has 108 valence electrons. The van der Waals surface area contributed by atoms with Gasteiger partial charge in [-0.15, -0.1) is 11.6 Å². The number of hydrogen-bond acceptors (Lipinski definition) is 2. The zero-order valence-electron chi connectivity index (χ0n) is 12.6. The number of rotatable bonds is 4. The molecule has 0 N–H and O–H groups in total. The average Bonchev–Trinajstić information content (AvgIpc) is 2.88. The molecule has 1 unspecified atom stereocenters. The molecule has 1 atom stereocenters. The summed E-state index contributed by atoms with van der Waals surface area (Å²) < 4.78 is 3.89. The number of nitrogens with zero attached hydrogens (tertiary/aromatic N) is 3. The van der Waals surface area contributed by atoms with Gasteiger partial charge < -0.3 is 4.57 Å². The van der Waals surface area contributed by atoms with E-state index in [1.165, 1.54) is 0 Å². The molecule has 4 nitrogen and oxygen atoms in total. The van der Waals surface area contributed by atoms with Crippen LogP contribution in [0.15, 0.2) is 12.3 Å². The van der Waals surface area contributed by atoms with Crippen LogP contribution in [-0.2, 0) is 13.5 Å². The van der Waals surface area contributed by atoms with E-state index in [0.717, 1.165) is 29.2 Å². The first-order chi connectivity index (χ1) is 9.36. The number of aryl methyl sites for hydroxylation is 3. The average molecular weight is 294 g/mol. The van der Waals surface area contributed by atoms with Gasteiger partial charge in [-0.05, 0) is 33.3 Å². The molecule has 0 fully saturated rings. The third-order valence-corrected chi connectivity index (χ3v) is 3.72. The zero-order valence-corrected chi connectivity index (χ0v) is 13.3. The summed E-state index contributed by atoms with van der Waals surface area (Å²) in [5.74, 6) is -0.0343. The summed E-state index contributed by atoms with van der Waals surface area (Å²) in [5, 5.41) is 3.95. The summed E-state index contributed by atoms with van der Waals surface area (Å²) in [4.78, 5) is 12.2. The topological polar surface area (TPSA) is 39.8 Å². The third kappa shape index (κ3) is 2.40. The van der Waals surface area contributed by atoms with Gasteiger partial charge in [0.05, 0.1) is 16.8 Å². The van der Waals surface area contributed by atoms with Crippen LogP contribution in [0.2, 0.25) is 0 Å². The van der Waals surface area contributed by atoms with Crippen molar-refractivity contribution in [3.8, 4) is 5.69 Å². The van der Waals surface area contributed by atoms with Crippen molar-refractivity contribution in [1.29, 1.82) is 0 Å². The fourth-order valence-corrected chi connectivity index (χ4v) is 2.68. The third-order valence-electron chi connectivity index (χ3n) is 3.52. The molecule has 0 aliphatic rings. The monoisotopic (exact) mass is 293 g/mol. The molecule has 2 rings (SSSR count). The largest absolute Gasteiger partial charge is 0.315 e. The first-order valence-corrected chi connectivity index (χ1v) is 7.20. The molecule has 0 amide bonds. The van der Waals surface area contributed by atoms with E-state index >= 15 is 0 Å². The molecular formula is C15H20ClN3O. The molecule has 20 heavy (non-hydrogen) atoms. The summed E-state index contributed by atoms with van der Waals surface area (Å²) in [5.41, 5.74) is 4.68. The molecule has 0 radical (unpaired) electrons. The summed E-state index contributed by atoms with van der Waals surface area (Å²) in [6.07, 6.45) is 2.83. The summed E-state index contributed by atoms with van der Waals surface area (Å²) in [6.45, 7) is 7.73. The first kappa shape index (κ1) is 14.9. The highest BCUT2D eigenvalue weighted by Crippen LogP contribution is 2.24. The van der Waals surface area contributed by atoms with E-state index in [-0.39, 0.29) is 5.78 Å². The van der Waals surface area contributed by atoms with Gasteiger partial charge in [0.1, 0.15) is 0 Å². The minimum Gasteiger partial charge on any atom is -0.315 e. The van der Waals surface area contributed by atoms with Gasteiger partial charge in [0, 0.05) is 30.2 Å². The van der Waals surface area contributed by atoms with Crippen LogP contribution in [0.25, 0.3) is 5.69 Å². The number of carbonyl (C=O) groups excluding carboxylic acids is 1. The summed E-state index contributed by atoms with van der Waals surface area (Å²) >= 11 is 5.93. The van der Waals surface area contributed by atoms with Crippen LogP contribution in [0.4, 0.5) is 0 Å². The van der Waals surface area contributed by atoms with Crippen LogP contribution in [0.1, 0.15) is 41.3 Å². The van der Waals surface area contributed by atoms with Crippen molar-refractivity contribution in [2.75, 3.05) is 0 Å². The number of alkyl halides is 1. The maximum absolute atomic E-state index is 12.2. The molecule has 2 aromatic rings. The van der Waals surface area contributed by atoms with E-state index in [1.54, 1.807) is 11.6 Å². The molecule has 2 heterocycles. The van der Waals surface area contributed by atoms with Gasteiger partial charge >= 0.3 is 0 Å². The van der Waals surface area contributed by atoms with Crippen LogP contribution < -0.4 is 0 Å². The lowest BCUT2D eigenvalue weighted by Gasteiger charge is -2.09. The Labute approximate surface area is 124 Å². The smallest absolute Gasteiger partial charge is 0.182 e. The van der Waals surface area contributed by atoms with Crippen LogP contribution in [-0.4, -0.2) is 25.5 Å². The molecule has 0 aliphatic carbocycles. The Bertz CT molecular complexity index is 652. The van der Waals surface area contributed by atoms with Crippen LogP contribution in [0, 0.1) is 13.8 Å². The SMILES string of the molecule is CCc1nn(C)cc1-n1c(C)cc(C(=O)C(C)Cl)c1C. The molecule has 0 saturated carbocycles. The van der Waals surface area contributed by atoms with Crippen molar-refractivity contribution < 1.29 is 4.79 Å². The lowest BCUT2D eigenvalue weighted by Crippen LogP contribution is -2.12. The van der Waals surface area contributed by atoms with E-state index in [9.17, 15) is 4.79 Å². The maximum Gasteiger partial charge on any atom is 0.182 e. The number of hydrogen-bond donors (Lipinski definition) is 0. The molecule has 0 bridgehead atoms. The number of halogens is 1. The minimum atomic E-state index is -0.511. The molecule has 0 saturated heterocycles. The van der Waals surface area contributed by atoms with E-state index in [1.807, 2.05) is 33.2 Å². The fourth-order valence-electron chi connectivity index (χ4n) is 2.56. The zero-order chi connectivity index (χ0) is 15.0. The fraction of sp³-hybridized carbons (Fsp3) is 0.467. The Morgan fingerprint density at radius 1 is 1.45 bits per heavy atom. The van der Waals surface area contributed by atoms with Gasteiger partial charge in [0.15, 0.2) is 5.78 Å². The van der Waals surface area contributed by atoms with Gasteiger partial charge in [0.25, 0.3) is 0 Å². The van der Waals surface area contributed by atoms with Gasteiger partial charge in [-0.25, -0.2) is 0 Å². The second kappa shape index (κ2) is 5.44. The van der Waals surface area contributed by atoms with E-state index < -0.39 is 5.38 Å². The highest BCUT2D eigenvalue weighted by Gasteiger charge is 2.21. The van der Waals surface area contributed by atoms with Crippen molar-refractivity contribution in [3.05, 3.63) is 34.9 Å². The second-order valence-corrected chi connectivity index (χ2v) is 5.74. The van der Waals surface area contributed by atoms with Crippen molar-refractivity contribution >= 4 is 17.4 Å². The highest BCUT2D eigenvalue weighted by atomic mass is 35.5. The Morgan fingerprint density at radius 3 is 2.65 bits per heavy atom.